The Bertz CT molecular complexity index is 1200. The van der Waals surface area contributed by atoms with E-state index in [4.69, 9.17) is 0 Å². The van der Waals surface area contributed by atoms with Gasteiger partial charge in [-0.1, -0.05) is 44.2 Å². The largest absolute Gasteiger partial charge is 0.305 e. The fraction of sp³-hybridized carbons (Fsp3) is 0.240. The maximum absolute atomic E-state index is 13.0. The summed E-state index contributed by atoms with van der Waals surface area (Å²) in [5, 5.41) is 0. The predicted octanol–water partition coefficient (Wildman–Crippen LogP) is 5.20. The maximum Gasteiger partial charge on any atom is 0.261 e. The summed E-state index contributed by atoms with van der Waals surface area (Å²) >= 11 is 0. The predicted molar refractivity (Wildman–Crippen MR) is 124 cm³/mol. The van der Waals surface area contributed by atoms with E-state index in [9.17, 15) is 13.2 Å². The Balaban J connectivity index is 1.59. The van der Waals surface area contributed by atoms with Gasteiger partial charge in [0.25, 0.3) is 15.9 Å². The van der Waals surface area contributed by atoms with Crippen molar-refractivity contribution in [3.8, 4) is 0 Å². The van der Waals surface area contributed by atoms with Gasteiger partial charge in [0.15, 0.2) is 0 Å². The minimum absolute atomic E-state index is 0.0443. The number of carbonyl (C=O) groups excluding carboxylic acids is 1. The van der Waals surface area contributed by atoms with E-state index in [0.717, 1.165) is 16.8 Å². The van der Waals surface area contributed by atoms with E-state index in [1.807, 2.05) is 37.3 Å². The minimum Gasteiger partial charge on any atom is -0.305 e. The van der Waals surface area contributed by atoms with E-state index < -0.39 is 10.0 Å². The Hall–Kier alpha value is -3.12. The number of amides is 1. The van der Waals surface area contributed by atoms with Gasteiger partial charge in [0.05, 0.1) is 4.90 Å². The van der Waals surface area contributed by atoms with Crippen LogP contribution in [0.1, 0.15) is 48.2 Å². The fourth-order valence-electron chi connectivity index (χ4n) is 3.95. The first kappa shape index (κ1) is 21.1. The van der Waals surface area contributed by atoms with Crippen molar-refractivity contribution in [2.24, 2.45) is 0 Å². The summed E-state index contributed by atoms with van der Waals surface area (Å²) in [7, 11) is -3.73. The number of hydrogen-bond acceptors (Lipinski definition) is 3. The van der Waals surface area contributed by atoms with E-state index in [0.29, 0.717) is 23.6 Å². The van der Waals surface area contributed by atoms with Crippen molar-refractivity contribution in [3.63, 3.8) is 0 Å². The average Bonchev–Trinajstić information content (AvgIpc) is 3.08. The Morgan fingerprint density at radius 3 is 2.32 bits per heavy atom. The van der Waals surface area contributed by atoms with E-state index in [-0.39, 0.29) is 16.8 Å². The van der Waals surface area contributed by atoms with Crippen LogP contribution in [0.25, 0.3) is 0 Å². The number of carbonyl (C=O) groups is 1. The van der Waals surface area contributed by atoms with Crippen molar-refractivity contribution in [1.29, 1.82) is 0 Å². The standard InChI is InChI=1S/C25H26N2O3S/c1-17(2)19-9-11-22(12-10-19)26-31(29,30)23-13-14-24-21(16-23)15-18(3)27(24)25(28)20-7-5-4-6-8-20/h4-14,16-18,26H,15H2,1-3H3/t18-/m0/s1. The van der Waals surface area contributed by atoms with Crippen molar-refractivity contribution in [2.45, 2.75) is 44.0 Å². The van der Waals surface area contributed by atoms with Crippen molar-refractivity contribution in [2.75, 3.05) is 9.62 Å². The second kappa shape index (κ2) is 8.19. The molecule has 3 aromatic carbocycles. The number of nitrogens with zero attached hydrogens (tertiary/aromatic N) is 1. The van der Waals surface area contributed by atoms with Crippen LogP contribution in [0, 0.1) is 0 Å². The van der Waals surface area contributed by atoms with Crippen LogP contribution in [0.3, 0.4) is 0 Å². The van der Waals surface area contributed by atoms with Gasteiger partial charge in [-0.3, -0.25) is 9.52 Å². The number of sulfonamides is 1. The normalized spacial score (nSPS) is 15.7. The number of benzene rings is 3. The molecule has 0 aliphatic carbocycles. The molecule has 0 saturated carbocycles. The third-order valence-corrected chi connectivity index (χ3v) is 7.02. The monoisotopic (exact) mass is 434 g/mol. The summed E-state index contributed by atoms with van der Waals surface area (Å²) in [5.74, 6) is 0.303. The lowest BCUT2D eigenvalue weighted by Gasteiger charge is -2.23. The van der Waals surface area contributed by atoms with Gasteiger partial charge in [0.1, 0.15) is 0 Å². The minimum atomic E-state index is -3.73. The molecule has 0 radical (unpaired) electrons. The van der Waals surface area contributed by atoms with Crippen LogP contribution < -0.4 is 9.62 Å². The number of hydrogen-bond donors (Lipinski definition) is 1. The van der Waals surface area contributed by atoms with Gasteiger partial charge in [-0.15, -0.1) is 0 Å². The second-order valence-corrected chi connectivity index (χ2v) is 9.95. The highest BCUT2D eigenvalue weighted by Crippen LogP contribution is 2.35. The van der Waals surface area contributed by atoms with Gasteiger partial charge in [-0.2, -0.15) is 0 Å². The quantitative estimate of drug-likeness (QED) is 0.600. The Kier molecular flexibility index (Phi) is 5.58. The van der Waals surface area contributed by atoms with Gasteiger partial charge in [-0.25, -0.2) is 8.42 Å². The molecule has 0 spiro atoms. The Morgan fingerprint density at radius 2 is 1.68 bits per heavy atom. The zero-order valence-electron chi connectivity index (χ0n) is 17.9. The molecule has 6 heteroatoms. The Morgan fingerprint density at radius 1 is 1.00 bits per heavy atom. The van der Waals surface area contributed by atoms with Crippen molar-refractivity contribution < 1.29 is 13.2 Å². The molecule has 1 heterocycles. The third kappa shape index (κ3) is 4.21. The summed E-state index contributed by atoms with van der Waals surface area (Å²) in [4.78, 5) is 15.0. The van der Waals surface area contributed by atoms with Crippen LogP contribution in [-0.4, -0.2) is 20.4 Å². The van der Waals surface area contributed by atoms with Gasteiger partial charge in [0, 0.05) is 23.0 Å². The van der Waals surface area contributed by atoms with Crippen LogP contribution in [0.5, 0.6) is 0 Å². The molecule has 0 aromatic heterocycles. The van der Waals surface area contributed by atoms with Crippen LogP contribution >= 0.6 is 0 Å². The van der Waals surface area contributed by atoms with Crippen LogP contribution in [0.4, 0.5) is 11.4 Å². The highest BCUT2D eigenvalue weighted by molar-refractivity contribution is 7.92. The van der Waals surface area contributed by atoms with Crippen LogP contribution in [0.2, 0.25) is 0 Å². The summed E-state index contributed by atoms with van der Waals surface area (Å²) in [6.45, 7) is 6.16. The summed E-state index contributed by atoms with van der Waals surface area (Å²) in [6.07, 6.45) is 0.611. The van der Waals surface area contributed by atoms with E-state index in [2.05, 4.69) is 18.6 Å². The zero-order chi connectivity index (χ0) is 22.2. The fourth-order valence-corrected chi connectivity index (χ4v) is 5.06. The lowest BCUT2D eigenvalue weighted by Crippen LogP contribution is -2.35. The molecule has 0 saturated heterocycles. The number of rotatable bonds is 5. The van der Waals surface area contributed by atoms with E-state index >= 15 is 0 Å². The number of fused-ring (bicyclic) bond motifs is 1. The van der Waals surface area contributed by atoms with Gasteiger partial charge in [0.2, 0.25) is 0 Å². The number of nitrogens with one attached hydrogen (secondary N) is 1. The lowest BCUT2D eigenvalue weighted by molar-refractivity contribution is 0.0981. The first-order valence-electron chi connectivity index (χ1n) is 10.4. The molecule has 0 bridgehead atoms. The van der Waals surface area contributed by atoms with E-state index in [1.54, 1.807) is 47.4 Å². The molecule has 1 aliphatic heterocycles. The molecule has 4 rings (SSSR count). The lowest BCUT2D eigenvalue weighted by atomic mass is 10.0. The van der Waals surface area contributed by atoms with Crippen molar-refractivity contribution in [3.05, 3.63) is 89.5 Å². The maximum atomic E-state index is 13.0. The third-order valence-electron chi connectivity index (χ3n) is 5.65. The first-order valence-corrected chi connectivity index (χ1v) is 11.9. The molecule has 1 N–H and O–H groups in total. The molecule has 0 fully saturated rings. The van der Waals surface area contributed by atoms with E-state index in [1.165, 1.54) is 0 Å². The van der Waals surface area contributed by atoms with Crippen molar-refractivity contribution in [1.82, 2.24) is 0 Å². The summed E-state index contributed by atoms with van der Waals surface area (Å²) < 4.78 is 28.5. The van der Waals surface area contributed by atoms with Crippen LogP contribution in [-0.2, 0) is 16.4 Å². The highest BCUT2D eigenvalue weighted by Gasteiger charge is 2.32. The molecule has 31 heavy (non-hydrogen) atoms. The zero-order valence-corrected chi connectivity index (χ0v) is 18.7. The molecule has 1 amide bonds. The summed E-state index contributed by atoms with van der Waals surface area (Å²) in [5.41, 5.74) is 3.92. The molecule has 0 unspecified atom stereocenters. The smallest absolute Gasteiger partial charge is 0.261 e. The van der Waals surface area contributed by atoms with Gasteiger partial charge >= 0.3 is 0 Å². The molecular weight excluding hydrogens is 408 g/mol. The van der Waals surface area contributed by atoms with Crippen molar-refractivity contribution >= 4 is 27.3 Å². The SMILES string of the molecule is CC(C)c1ccc(NS(=O)(=O)c2ccc3c(c2)C[C@H](C)N3C(=O)c2ccccc2)cc1. The van der Waals surface area contributed by atoms with Gasteiger partial charge < -0.3 is 4.90 Å². The Labute approximate surface area is 183 Å². The molecule has 1 atom stereocenters. The molecule has 160 valence electrons. The average molecular weight is 435 g/mol. The molecule has 1 aliphatic rings. The molecular formula is C25H26N2O3S. The second-order valence-electron chi connectivity index (χ2n) is 8.27. The highest BCUT2D eigenvalue weighted by atomic mass is 32.2. The first-order chi connectivity index (χ1) is 14.8. The summed E-state index contributed by atoms with van der Waals surface area (Å²) in [6, 6.07) is 21.5. The topological polar surface area (TPSA) is 66.5 Å². The van der Waals surface area contributed by atoms with Crippen LogP contribution in [0.15, 0.2) is 77.7 Å². The molecule has 5 nitrogen and oxygen atoms in total. The molecule has 3 aromatic rings. The number of anilines is 2. The van der Waals surface area contributed by atoms with Gasteiger partial charge in [-0.05, 0) is 72.9 Å².